The second kappa shape index (κ2) is 9.34. The van der Waals surface area contributed by atoms with Crippen LogP contribution in [0, 0.1) is 0 Å². The van der Waals surface area contributed by atoms with Crippen LogP contribution in [0.4, 0.5) is 5.69 Å². The Labute approximate surface area is 155 Å². The first kappa shape index (κ1) is 18.4. The van der Waals surface area contributed by atoms with Crippen molar-refractivity contribution in [3.8, 4) is 5.75 Å². The van der Waals surface area contributed by atoms with Crippen molar-refractivity contribution in [3.63, 3.8) is 0 Å². The van der Waals surface area contributed by atoms with Crippen LogP contribution < -0.4 is 9.64 Å². The van der Waals surface area contributed by atoms with E-state index in [-0.39, 0.29) is 5.78 Å². The fourth-order valence-corrected chi connectivity index (χ4v) is 3.19. The maximum absolute atomic E-state index is 11.6. The average molecular weight is 353 g/mol. The number of anilines is 1. The number of ketones is 1. The molecular formula is C21H27N3O2. The molecule has 5 nitrogen and oxygen atoms in total. The number of carbonyl (C=O) groups is 1. The number of rotatable bonds is 8. The number of aromatic nitrogens is 1. The number of benzene rings is 1. The van der Waals surface area contributed by atoms with E-state index in [1.54, 1.807) is 0 Å². The van der Waals surface area contributed by atoms with E-state index in [2.05, 4.69) is 20.9 Å². The average Bonchev–Trinajstić information content (AvgIpc) is 2.72. The molecule has 1 aliphatic rings. The van der Waals surface area contributed by atoms with E-state index >= 15 is 0 Å². The number of piperazine rings is 1. The second-order valence-corrected chi connectivity index (χ2v) is 6.54. The minimum Gasteiger partial charge on any atom is -0.494 e. The lowest BCUT2D eigenvalue weighted by Gasteiger charge is -2.35. The van der Waals surface area contributed by atoms with Gasteiger partial charge in [-0.05, 0) is 42.8 Å². The standard InChI is InChI=1S/C21H27N3O2/c1-2-21(25)18-6-8-20(9-7-18)26-16-4-11-23-12-14-24(15-13-23)19-5-3-10-22-17-19/h3,5-10,17H,2,4,11-16H2,1H3. The van der Waals surface area contributed by atoms with Crippen molar-refractivity contribution in [2.45, 2.75) is 19.8 Å². The van der Waals surface area contributed by atoms with E-state index in [4.69, 9.17) is 4.74 Å². The van der Waals surface area contributed by atoms with Gasteiger partial charge in [0.05, 0.1) is 18.5 Å². The van der Waals surface area contributed by atoms with Crippen molar-refractivity contribution in [3.05, 3.63) is 54.4 Å². The molecule has 0 radical (unpaired) electrons. The van der Waals surface area contributed by atoms with E-state index in [0.29, 0.717) is 13.0 Å². The molecule has 1 aliphatic heterocycles. The van der Waals surface area contributed by atoms with Gasteiger partial charge in [0.2, 0.25) is 0 Å². The van der Waals surface area contributed by atoms with Gasteiger partial charge in [-0.2, -0.15) is 0 Å². The molecule has 138 valence electrons. The van der Waals surface area contributed by atoms with Crippen molar-refractivity contribution in [1.82, 2.24) is 9.88 Å². The maximum Gasteiger partial charge on any atom is 0.162 e. The quantitative estimate of drug-likeness (QED) is 0.538. The Morgan fingerprint density at radius 3 is 2.54 bits per heavy atom. The van der Waals surface area contributed by atoms with Crippen LogP contribution in [0.15, 0.2) is 48.8 Å². The fraction of sp³-hybridized carbons (Fsp3) is 0.429. The van der Waals surface area contributed by atoms with Crippen LogP contribution in [0.25, 0.3) is 0 Å². The lowest BCUT2D eigenvalue weighted by molar-refractivity contribution is 0.0988. The van der Waals surface area contributed by atoms with Gasteiger partial charge >= 0.3 is 0 Å². The molecule has 0 spiro atoms. The molecule has 1 saturated heterocycles. The zero-order chi connectivity index (χ0) is 18.2. The number of hydrogen-bond acceptors (Lipinski definition) is 5. The lowest BCUT2D eigenvalue weighted by atomic mass is 10.1. The molecule has 0 aliphatic carbocycles. The molecule has 0 saturated carbocycles. The van der Waals surface area contributed by atoms with Crippen LogP contribution in [0.5, 0.6) is 5.75 Å². The molecule has 5 heteroatoms. The molecular weight excluding hydrogens is 326 g/mol. The SMILES string of the molecule is CCC(=O)c1ccc(OCCCN2CCN(c3cccnc3)CC2)cc1. The van der Waals surface area contributed by atoms with Gasteiger partial charge in [-0.1, -0.05) is 6.92 Å². The summed E-state index contributed by atoms with van der Waals surface area (Å²) in [6.45, 7) is 7.85. The van der Waals surface area contributed by atoms with Gasteiger partial charge in [0.25, 0.3) is 0 Å². The first-order valence-electron chi connectivity index (χ1n) is 9.39. The predicted molar refractivity (Wildman–Crippen MR) is 104 cm³/mol. The van der Waals surface area contributed by atoms with Crippen molar-refractivity contribution >= 4 is 11.5 Å². The summed E-state index contributed by atoms with van der Waals surface area (Å²) in [7, 11) is 0. The van der Waals surface area contributed by atoms with Gasteiger partial charge in [-0.25, -0.2) is 0 Å². The largest absolute Gasteiger partial charge is 0.494 e. The Bertz CT molecular complexity index is 680. The number of nitrogens with zero attached hydrogens (tertiary/aromatic N) is 3. The normalized spacial score (nSPS) is 15.0. The van der Waals surface area contributed by atoms with Crippen molar-refractivity contribution in [2.75, 3.05) is 44.2 Å². The van der Waals surface area contributed by atoms with E-state index in [1.807, 2.05) is 49.6 Å². The molecule has 3 rings (SSSR count). The molecule has 2 heterocycles. The van der Waals surface area contributed by atoms with Gasteiger partial charge in [-0.15, -0.1) is 0 Å². The van der Waals surface area contributed by atoms with Gasteiger partial charge in [0.15, 0.2) is 5.78 Å². The molecule has 0 atom stereocenters. The summed E-state index contributed by atoms with van der Waals surface area (Å²) in [6, 6.07) is 11.6. The highest BCUT2D eigenvalue weighted by molar-refractivity contribution is 5.95. The molecule has 0 unspecified atom stereocenters. The predicted octanol–water partition coefficient (Wildman–Crippen LogP) is 3.27. The molecule has 0 N–H and O–H groups in total. The zero-order valence-corrected chi connectivity index (χ0v) is 15.4. The minimum atomic E-state index is 0.168. The second-order valence-electron chi connectivity index (χ2n) is 6.54. The van der Waals surface area contributed by atoms with Crippen LogP contribution in [-0.2, 0) is 0 Å². The van der Waals surface area contributed by atoms with Gasteiger partial charge in [0.1, 0.15) is 5.75 Å². The number of ether oxygens (including phenoxy) is 1. The minimum absolute atomic E-state index is 0.168. The van der Waals surface area contributed by atoms with Gasteiger partial charge in [0, 0.05) is 50.9 Å². The topological polar surface area (TPSA) is 45.7 Å². The third-order valence-corrected chi connectivity index (χ3v) is 4.77. The van der Waals surface area contributed by atoms with Crippen molar-refractivity contribution in [1.29, 1.82) is 0 Å². The molecule has 1 fully saturated rings. The Morgan fingerprint density at radius 2 is 1.88 bits per heavy atom. The monoisotopic (exact) mass is 353 g/mol. The Hall–Kier alpha value is -2.40. The van der Waals surface area contributed by atoms with Gasteiger partial charge < -0.3 is 9.64 Å². The smallest absolute Gasteiger partial charge is 0.162 e. The summed E-state index contributed by atoms with van der Waals surface area (Å²) in [6.07, 6.45) is 5.29. The van der Waals surface area contributed by atoms with E-state index < -0.39 is 0 Å². The molecule has 1 aromatic heterocycles. The molecule has 2 aromatic rings. The number of hydrogen-bond donors (Lipinski definition) is 0. The van der Waals surface area contributed by atoms with E-state index in [1.165, 1.54) is 5.69 Å². The Balaban J connectivity index is 1.34. The Morgan fingerprint density at radius 1 is 1.12 bits per heavy atom. The first-order valence-corrected chi connectivity index (χ1v) is 9.39. The number of carbonyl (C=O) groups excluding carboxylic acids is 1. The summed E-state index contributed by atoms with van der Waals surface area (Å²) >= 11 is 0. The maximum atomic E-state index is 11.6. The number of Topliss-reactive ketones (excluding diaryl/α,β-unsaturated/α-hetero) is 1. The summed E-state index contributed by atoms with van der Waals surface area (Å²) in [5.41, 5.74) is 1.96. The zero-order valence-electron chi connectivity index (χ0n) is 15.4. The molecule has 0 amide bonds. The molecule has 1 aromatic carbocycles. The van der Waals surface area contributed by atoms with Crippen LogP contribution in [0.3, 0.4) is 0 Å². The van der Waals surface area contributed by atoms with Crippen molar-refractivity contribution < 1.29 is 9.53 Å². The lowest BCUT2D eigenvalue weighted by Crippen LogP contribution is -2.46. The van der Waals surface area contributed by atoms with Crippen LogP contribution >= 0.6 is 0 Å². The van der Waals surface area contributed by atoms with Gasteiger partial charge in [-0.3, -0.25) is 14.7 Å². The third-order valence-electron chi connectivity index (χ3n) is 4.77. The van der Waals surface area contributed by atoms with E-state index in [0.717, 1.165) is 50.5 Å². The highest BCUT2D eigenvalue weighted by atomic mass is 16.5. The van der Waals surface area contributed by atoms with Crippen molar-refractivity contribution in [2.24, 2.45) is 0 Å². The fourth-order valence-electron chi connectivity index (χ4n) is 3.19. The summed E-state index contributed by atoms with van der Waals surface area (Å²) in [5.74, 6) is 1.00. The van der Waals surface area contributed by atoms with Crippen LogP contribution in [0.2, 0.25) is 0 Å². The summed E-state index contributed by atoms with van der Waals surface area (Å²) in [4.78, 5) is 20.7. The number of pyridine rings is 1. The highest BCUT2D eigenvalue weighted by Gasteiger charge is 2.16. The van der Waals surface area contributed by atoms with Crippen LogP contribution in [0.1, 0.15) is 30.1 Å². The molecule has 0 bridgehead atoms. The highest BCUT2D eigenvalue weighted by Crippen LogP contribution is 2.15. The summed E-state index contributed by atoms with van der Waals surface area (Å²) < 4.78 is 5.80. The Kier molecular flexibility index (Phi) is 6.61. The summed E-state index contributed by atoms with van der Waals surface area (Å²) in [5, 5.41) is 0. The van der Waals surface area contributed by atoms with E-state index in [9.17, 15) is 4.79 Å². The van der Waals surface area contributed by atoms with Crippen LogP contribution in [-0.4, -0.2) is 55.0 Å². The molecule has 26 heavy (non-hydrogen) atoms. The first-order chi connectivity index (χ1) is 12.8. The third kappa shape index (κ3) is 5.05.